The van der Waals surface area contributed by atoms with Crippen molar-refractivity contribution in [3.63, 3.8) is 0 Å². The SMILES string of the molecule is CC(C)CN(CCC(=O)NC1CC1)C(=O)c1cnccn1. The van der Waals surface area contributed by atoms with Crippen molar-refractivity contribution in [2.75, 3.05) is 13.1 Å². The number of nitrogens with one attached hydrogen (secondary N) is 1. The van der Waals surface area contributed by atoms with Crippen molar-refractivity contribution >= 4 is 11.8 Å². The fraction of sp³-hybridized carbons (Fsp3) is 0.600. The second kappa shape index (κ2) is 7.15. The topological polar surface area (TPSA) is 75.2 Å². The predicted molar refractivity (Wildman–Crippen MR) is 78.6 cm³/mol. The van der Waals surface area contributed by atoms with E-state index in [1.54, 1.807) is 4.90 Å². The summed E-state index contributed by atoms with van der Waals surface area (Å²) >= 11 is 0. The van der Waals surface area contributed by atoms with Crippen LogP contribution >= 0.6 is 0 Å². The zero-order valence-corrected chi connectivity index (χ0v) is 12.6. The van der Waals surface area contributed by atoms with E-state index < -0.39 is 0 Å². The molecule has 1 fully saturated rings. The number of carbonyl (C=O) groups is 2. The van der Waals surface area contributed by atoms with Crippen molar-refractivity contribution in [2.24, 2.45) is 5.92 Å². The lowest BCUT2D eigenvalue weighted by molar-refractivity contribution is -0.121. The standard InChI is InChI=1S/C15H22N4O2/c1-11(2)10-19(8-5-14(20)18-12-3-4-12)15(21)13-9-16-6-7-17-13/h6-7,9,11-12H,3-5,8,10H2,1-2H3,(H,18,20). The Morgan fingerprint density at radius 1 is 1.38 bits per heavy atom. The van der Waals surface area contributed by atoms with Gasteiger partial charge in [-0.15, -0.1) is 0 Å². The van der Waals surface area contributed by atoms with E-state index in [0.29, 0.717) is 37.2 Å². The van der Waals surface area contributed by atoms with E-state index >= 15 is 0 Å². The maximum absolute atomic E-state index is 12.4. The van der Waals surface area contributed by atoms with Gasteiger partial charge in [0.1, 0.15) is 5.69 Å². The fourth-order valence-corrected chi connectivity index (χ4v) is 2.05. The van der Waals surface area contributed by atoms with Crippen LogP contribution in [0.25, 0.3) is 0 Å². The summed E-state index contributed by atoms with van der Waals surface area (Å²) in [6.45, 7) is 5.10. The predicted octanol–water partition coefficient (Wildman–Crippen LogP) is 1.24. The Kier molecular flexibility index (Phi) is 5.25. The quantitative estimate of drug-likeness (QED) is 0.820. The third-order valence-corrected chi connectivity index (χ3v) is 3.21. The molecule has 2 rings (SSSR count). The number of rotatable bonds is 7. The molecule has 1 aliphatic carbocycles. The first-order valence-corrected chi connectivity index (χ1v) is 7.41. The molecule has 1 aromatic heterocycles. The molecule has 0 unspecified atom stereocenters. The monoisotopic (exact) mass is 290 g/mol. The second-order valence-electron chi connectivity index (χ2n) is 5.83. The van der Waals surface area contributed by atoms with Crippen molar-refractivity contribution in [1.29, 1.82) is 0 Å². The minimum absolute atomic E-state index is 0.0122. The van der Waals surface area contributed by atoms with Crippen LogP contribution in [0.3, 0.4) is 0 Å². The molecule has 0 spiro atoms. The highest BCUT2D eigenvalue weighted by Crippen LogP contribution is 2.18. The zero-order chi connectivity index (χ0) is 15.2. The van der Waals surface area contributed by atoms with Crippen LogP contribution in [0.5, 0.6) is 0 Å². The van der Waals surface area contributed by atoms with Crippen molar-refractivity contribution in [2.45, 2.75) is 39.2 Å². The van der Waals surface area contributed by atoms with Crippen LogP contribution in [0.4, 0.5) is 0 Å². The van der Waals surface area contributed by atoms with Crippen LogP contribution < -0.4 is 5.32 Å². The number of hydrogen-bond donors (Lipinski definition) is 1. The zero-order valence-electron chi connectivity index (χ0n) is 12.6. The van der Waals surface area contributed by atoms with Crippen LogP contribution in [0, 0.1) is 5.92 Å². The van der Waals surface area contributed by atoms with E-state index in [9.17, 15) is 9.59 Å². The molecule has 0 aromatic carbocycles. The Morgan fingerprint density at radius 2 is 2.14 bits per heavy atom. The average molecular weight is 290 g/mol. The molecule has 1 heterocycles. The van der Waals surface area contributed by atoms with Gasteiger partial charge in [-0.05, 0) is 18.8 Å². The van der Waals surface area contributed by atoms with Gasteiger partial charge in [0.15, 0.2) is 0 Å². The highest BCUT2D eigenvalue weighted by Gasteiger charge is 2.24. The van der Waals surface area contributed by atoms with Crippen molar-refractivity contribution < 1.29 is 9.59 Å². The molecule has 1 aliphatic rings. The summed E-state index contributed by atoms with van der Waals surface area (Å²) < 4.78 is 0. The summed E-state index contributed by atoms with van der Waals surface area (Å²) in [6.07, 6.45) is 6.96. The van der Waals surface area contributed by atoms with Crippen molar-refractivity contribution in [3.8, 4) is 0 Å². The third kappa shape index (κ3) is 5.13. The molecular weight excluding hydrogens is 268 g/mol. The Hall–Kier alpha value is -1.98. The molecule has 6 nitrogen and oxygen atoms in total. The van der Waals surface area contributed by atoms with E-state index in [1.807, 2.05) is 13.8 Å². The van der Waals surface area contributed by atoms with Gasteiger partial charge in [0.05, 0.1) is 6.20 Å². The Balaban J connectivity index is 1.93. The number of carbonyl (C=O) groups excluding carboxylic acids is 2. The minimum Gasteiger partial charge on any atom is -0.353 e. The van der Waals surface area contributed by atoms with Gasteiger partial charge >= 0.3 is 0 Å². The maximum atomic E-state index is 12.4. The minimum atomic E-state index is -0.170. The number of hydrogen-bond acceptors (Lipinski definition) is 4. The number of amides is 2. The molecular formula is C15H22N4O2. The van der Waals surface area contributed by atoms with Gasteiger partial charge < -0.3 is 10.2 Å². The van der Waals surface area contributed by atoms with E-state index in [1.165, 1.54) is 18.6 Å². The second-order valence-corrected chi connectivity index (χ2v) is 5.83. The van der Waals surface area contributed by atoms with Crippen LogP contribution in [0.2, 0.25) is 0 Å². The van der Waals surface area contributed by atoms with Gasteiger partial charge in [-0.2, -0.15) is 0 Å². The molecule has 114 valence electrons. The van der Waals surface area contributed by atoms with E-state index in [-0.39, 0.29) is 11.8 Å². The fourth-order valence-electron chi connectivity index (χ4n) is 2.05. The van der Waals surface area contributed by atoms with Crippen molar-refractivity contribution in [3.05, 3.63) is 24.3 Å². The largest absolute Gasteiger partial charge is 0.353 e. The van der Waals surface area contributed by atoms with Gasteiger partial charge in [-0.25, -0.2) is 4.98 Å². The molecule has 1 saturated carbocycles. The summed E-state index contributed by atoms with van der Waals surface area (Å²) in [5.74, 6) is 0.173. The molecule has 6 heteroatoms. The normalized spacial score (nSPS) is 14.0. The van der Waals surface area contributed by atoms with Gasteiger partial charge in [-0.3, -0.25) is 14.6 Å². The van der Waals surface area contributed by atoms with E-state index in [2.05, 4.69) is 15.3 Å². The Morgan fingerprint density at radius 3 is 2.71 bits per heavy atom. The molecule has 2 amide bonds. The summed E-state index contributed by atoms with van der Waals surface area (Å²) in [5.41, 5.74) is 0.320. The first-order valence-electron chi connectivity index (χ1n) is 7.41. The lowest BCUT2D eigenvalue weighted by atomic mass is 10.2. The average Bonchev–Trinajstić information content (AvgIpc) is 3.27. The van der Waals surface area contributed by atoms with Crippen molar-refractivity contribution in [1.82, 2.24) is 20.2 Å². The third-order valence-electron chi connectivity index (χ3n) is 3.21. The highest BCUT2D eigenvalue weighted by molar-refractivity contribution is 5.92. The van der Waals surface area contributed by atoms with Crippen LogP contribution in [-0.4, -0.2) is 45.8 Å². The smallest absolute Gasteiger partial charge is 0.274 e. The van der Waals surface area contributed by atoms with E-state index in [0.717, 1.165) is 12.8 Å². The lowest BCUT2D eigenvalue weighted by Crippen LogP contribution is -2.38. The molecule has 0 aliphatic heterocycles. The van der Waals surface area contributed by atoms with Gasteiger partial charge in [0.2, 0.25) is 5.91 Å². The van der Waals surface area contributed by atoms with Gasteiger partial charge in [0, 0.05) is 37.9 Å². The summed E-state index contributed by atoms with van der Waals surface area (Å²) in [4.78, 5) is 33.8. The lowest BCUT2D eigenvalue weighted by Gasteiger charge is -2.24. The molecule has 0 atom stereocenters. The van der Waals surface area contributed by atoms with Crippen LogP contribution in [-0.2, 0) is 4.79 Å². The molecule has 0 radical (unpaired) electrons. The number of aromatic nitrogens is 2. The molecule has 1 N–H and O–H groups in total. The summed E-state index contributed by atoms with van der Waals surface area (Å²) in [6, 6.07) is 0.353. The first kappa shape index (κ1) is 15.4. The molecule has 21 heavy (non-hydrogen) atoms. The van der Waals surface area contributed by atoms with E-state index in [4.69, 9.17) is 0 Å². The molecule has 0 saturated heterocycles. The molecule has 0 bridgehead atoms. The number of nitrogens with zero attached hydrogens (tertiary/aromatic N) is 3. The van der Waals surface area contributed by atoms with Gasteiger partial charge in [0.25, 0.3) is 5.91 Å². The summed E-state index contributed by atoms with van der Waals surface area (Å²) in [5, 5.41) is 2.94. The Bertz CT molecular complexity index is 486. The van der Waals surface area contributed by atoms with Gasteiger partial charge in [-0.1, -0.05) is 13.8 Å². The molecule has 1 aromatic rings. The summed E-state index contributed by atoms with van der Waals surface area (Å²) in [7, 11) is 0. The highest BCUT2D eigenvalue weighted by atomic mass is 16.2. The van der Waals surface area contributed by atoms with Crippen LogP contribution in [0.1, 0.15) is 43.6 Å². The van der Waals surface area contributed by atoms with Crippen LogP contribution in [0.15, 0.2) is 18.6 Å². The first-order chi connectivity index (χ1) is 10.1. The Labute approximate surface area is 125 Å². The maximum Gasteiger partial charge on any atom is 0.274 e.